The van der Waals surface area contributed by atoms with Gasteiger partial charge < -0.3 is 29.4 Å². The molecule has 3 aliphatic carbocycles. The Morgan fingerprint density at radius 3 is 2.57 bits per heavy atom. The highest BCUT2D eigenvalue weighted by Gasteiger charge is 2.71. The Hall–Kier alpha value is -2.55. The van der Waals surface area contributed by atoms with Crippen LogP contribution in [0.15, 0.2) is 42.1 Å². The number of hydrogen-bond donors (Lipinski definition) is 4. The number of fused-ring (bicyclic) bond motifs is 6. The summed E-state index contributed by atoms with van der Waals surface area (Å²) in [5.41, 5.74) is -0.644. The number of hydrogen-bond acceptors (Lipinski definition) is 10. The predicted octanol–water partition coefficient (Wildman–Crippen LogP) is 2.07. The summed E-state index contributed by atoms with van der Waals surface area (Å²) in [6.45, 7) is 6.65. The van der Waals surface area contributed by atoms with Crippen molar-refractivity contribution in [3.05, 3.63) is 47.8 Å². The quantitative estimate of drug-likeness (QED) is 0.211. The maximum Gasteiger partial charge on any atom is 0.397 e. The molecule has 13 heteroatoms. The fourth-order valence-corrected chi connectivity index (χ4v) is 8.48. The molecule has 2 heterocycles. The Morgan fingerprint density at radius 2 is 1.95 bits per heavy atom. The lowest BCUT2D eigenvalue weighted by Gasteiger charge is -2.61. The van der Waals surface area contributed by atoms with Crippen molar-refractivity contribution in [1.29, 1.82) is 0 Å². The molecule has 2 fully saturated rings. The molecule has 42 heavy (non-hydrogen) atoms. The highest BCUT2D eigenvalue weighted by atomic mass is 32.3. The first kappa shape index (κ1) is 30.9. The number of aliphatic hydroxyl groups is 2. The standard InChI is InChI=1S/C29H39NO11S/c1-13-11-14(2)29(34)17(12-20(38-5)28(33)39-25(13)16(4)41-42(35,36)37)8-9-18-21-22(23(18)29)24(31)15(3)26(21)40-27(32)19-7-6-10-30-19/h6-11,13,15-18,20-26,30-31,34H,12H2,1-5H3,(H,35,36,37)/b14-11+/t13-,15-,16-,17-,18?,20+,21+,22?,23?,24-,25+,26-,29+/m1/s1. The molecule has 1 aliphatic heterocycles. The van der Waals surface area contributed by atoms with Crippen molar-refractivity contribution >= 4 is 22.3 Å². The van der Waals surface area contributed by atoms with Crippen molar-refractivity contribution in [3.63, 3.8) is 0 Å². The minimum absolute atomic E-state index is 0.0552. The van der Waals surface area contributed by atoms with Gasteiger partial charge in [-0.1, -0.05) is 32.1 Å². The number of carbonyl (C=O) groups is 2. The van der Waals surface area contributed by atoms with Crippen LogP contribution in [0.1, 0.15) is 44.6 Å². The molecule has 13 atom stereocenters. The first-order valence-electron chi connectivity index (χ1n) is 14.2. The van der Waals surface area contributed by atoms with Gasteiger partial charge in [0.15, 0.2) is 6.10 Å². The van der Waals surface area contributed by atoms with E-state index in [1.54, 1.807) is 38.3 Å². The van der Waals surface area contributed by atoms with Gasteiger partial charge in [-0.25, -0.2) is 13.8 Å². The lowest BCUT2D eigenvalue weighted by atomic mass is 9.46. The van der Waals surface area contributed by atoms with E-state index in [9.17, 15) is 32.8 Å². The normalized spacial score (nSPS) is 43.5. The second-order valence-electron chi connectivity index (χ2n) is 12.2. The van der Waals surface area contributed by atoms with Crippen LogP contribution < -0.4 is 0 Å². The van der Waals surface area contributed by atoms with E-state index in [1.807, 2.05) is 19.1 Å². The van der Waals surface area contributed by atoms with E-state index in [1.165, 1.54) is 14.0 Å². The predicted molar refractivity (Wildman–Crippen MR) is 147 cm³/mol. The Morgan fingerprint density at radius 1 is 1.24 bits per heavy atom. The van der Waals surface area contributed by atoms with Crippen molar-refractivity contribution in [2.24, 2.45) is 41.4 Å². The molecule has 0 radical (unpaired) electrons. The van der Waals surface area contributed by atoms with Crippen LogP contribution in [-0.4, -0.2) is 83.3 Å². The highest BCUT2D eigenvalue weighted by molar-refractivity contribution is 7.80. The van der Waals surface area contributed by atoms with Crippen molar-refractivity contribution in [3.8, 4) is 0 Å². The van der Waals surface area contributed by atoms with Crippen LogP contribution in [0.2, 0.25) is 0 Å². The summed E-state index contributed by atoms with van der Waals surface area (Å²) in [4.78, 5) is 28.9. The van der Waals surface area contributed by atoms with Crippen molar-refractivity contribution in [2.75, 3.05) is 7.11 Å². The van der Waals surface area contributed by atoms with Gasteiger partial charge in [-0.2, -0.15) is 8.42 Å². The Balaban J connectivity index is 1.51. The maximum atomic E-state index is 13.2. The molecule has 4 aliphatic rings. The first-order chi connectivity index (χ1) is 19.7. The minimum Gasteiger partial charge on any atom is -0.457 e. The van der Waals surface area contributed by atoms with Crippen LogP contribution in [-0.2, 0) is 33.6 Å². The highest BCUT2D eigenvalue weighted by Crippen LogP contribution is 2.66. The Kier molecular flexibility index (Phi) is 8.22. The number of carbonyl (C=O) groups excluding carboxylic acids is 2. The van der Waals surface area contributed by atoms with Gasteiger partial charge in [0, 0.05) is 42.9 Å². The summed E-state index contributed by atoms with van der Waals surface area (Å²) in [5.74, 6) is -4.16. The molecule has 1 aromatic rings. The second kappa shape index (κ2) is 11.2. The van der Waals surface area contributed by atoms with Gasteiger partial charge in [-0.15, -0.1) is 0 Å². The average molecular weight is 610 g/mol. The molecule has 2 saturated carbocycles. The summed E-state index contributed by atoms with van der Waals surface area (Å²) in [7, 11) is -3.50. The number of H-pyrrole nitrogens is 1. The van der Waals surface area contributed by atoms with E-state index in [4.69, 9.17) is 18.4 Å². The Bertz CT molecular complexity index is 1360. The minimum atomic E-state index is -4.84. The lowest BCUT2D eigenvalue weighted by Crippen LogP contribution is -2.65. The number of esters is 2. The van der Waals surface area contributed by atoms with Crippen LogP contribution in [0, 0.1) is 41.4 Å². The second-order valence-corrected chi connectivity index (χ2v) is 13.2. The van der Waals surface area contributed by atoms with E-state index in [0.29, 0.717) is 11.3 Å². The van der Waals surface area contributed by atoms with Gasteiger partial charge in [-0.05, 0) is 49.8 Å². The van der Waals surface area contributed by atoms with Crippen molar-refractivity contribution in [1.82, 2.24) is 4.98 Å². The van der Waals surface area contributed by atoms with Crippen LogP contribution in [0.4, 0.5) is 0 Å². The number of aromatic nitrogens is 1. The number of aromatic amines is 1. The molecule has 0 aromatic carbocycles. The van der Waals surface area contributed by atoms with Gasteiger partial charge in [0.05, 0.1) is 11.7 Å². The third kappa shape index (κ3) is 5.13. The Labute approximate surface area is 245 Å². The van der Waals surface area contributed by atoms with E-state index >= 15 is 0 Å². The van der Waals surface area contributed by atoms with Gasteiger partial charge in [0.25, 0.3) is 0 Å². The summed E-state index contributed by atoms with van der Waals surface area (Å²) in [5, 5.41) is 24.1. The van der Waals surface area contributed by atoms with Crippen LogP contribution in [0.25, 0.3) is 0 Å². The fraction of sp³-hybridized carbons (Fsp3) is 0.655. The van der Waals surface area contributed by atoms with Gasteiger partial charge in [0.1, 0.15) is 24.0 Å². The average Bonchev–Trinajstić information content (AvgIpc) is 3.50. The SMILES string of the molecule is CO[C@H]1C[C@H]2C=CC3C(C4[C@H]3[C@H](OC(=O)c3ccc[nH]3)[C@H](C)[C@H]4O)[C@]2(O)/C(C)=C/[C@@H](C)[C@@H]([C@@H](C)OS(=O)(=O)O)OC1=O. The zero-order chi connectivity index (χ0) is 30.7. The molecule has 0 amide bonds. The topological polar surface area (TPSA) is 182 Å². The van der Waals surface area contributed by atoms with E-state index < -0.39 is 82.1 Å². The molecule has 232 valence electrons. The fourth-order valence-electron chi connectivity index (χ4n) is 7.98. The molecule has 0 saturated heterocycles. The van der Waals surface area contributed by atoms with Crippen LogP contribution in [0.3, 0.4) is 0 Å². The third-order valence-electron chi connectivity index (χ3n) is 9.92. The number of aliphatic hydroxyl groups excluding tert-OH is 1. The molecule has 0 bridgehead atoms. The van der Waals surface area contributed by atoms with Crippen LogP contribution >= 0.6 is 0 Å². The van der Waals surface area contributed by atoms with Crippen molar-refractivity contribution in [2.45, 2.75) is 70.2 Å². The molecule has 0 spiro atoms. The number of allylic oxidation sites excluding steroid dienone is 1. The summed E-state index contributed by atoms with van der Waals surface area (Å²) in [6, 6.07) is 3.32. The third-order valence-corrected chi connectivity index (χ3v) is 10.5. The first-order valence-corrected chi connectivity index (χ1v) is 15.6. The molecule has 1 aromatic heterocycles. The summed E-state index contributed by atoms with van der Waals surface area (Å²) >= 11 is 0. The van der Waals surface area contributed by atoms with E-state index in [0.717, 1.165) is 0 Å². The molecule has 3 unspecified atom stereocenters. The zero-order valence-corrected chi connectivity index (χ0v) is 24.9. The van der Waals surface area contributed by atoms with Crippen LogP contribution in [0.5, 0.6) is 0 Å². The smallest absolute Gasteiger partial charge is 0.397 e. The largest absolute Gasteiger partial charge is 0.457 e. The molecule has 4 N–H and O–H groups in total. The van der Waals surface area contributed by atoms with E-state index in [-0.39, 0.29) is 24.2 Å². The number of cyclic esters (lactones) is 1. The monoisotopic (exact) mass is 609 g/mol. The number of rotatable bonds is 6. The van der Waals surface area contributed by atoms with E-state index in [2.05, 4.69) is 4.98 Å². The zero-order valence-electron chi connectivity index (χ0n) is 24.1. The maximum absolute atomic E-state index is 13.2. The lowest BCUT2D eigenvalue weighted by molar-refractivity contribution is -0.185. The molecule has 12 nitrogen and oxygen atoms in total. The van der Waals surface area contributed by atoms with Gasteiger partial charge in [-0.3, -0.25) is 4.55 Å². The summed E-state index contributed by atoms with van der Waals surface area (Å²) in [6.07, 6.45) is 2.35. The molecular formula is C29H39NO11S. The number of ether oxygens (including phenoxy) is 3. The molecule has 5 rings (SSSR count). The summed E-state index contributed by atoms with van der Waals surface area (Å²) < 4.78 is 53.9. The molecular weight excluding hydrogens is 570 g/mol. The van der Waals surface area contributed by atoms with Gasteiger partial charge in [0.2, 0.25) is 0 Å². The van der Waals surface area contributed by atoms with Gasteiger partial charge >= 0.3 is 22.3 Å². The van der Waals surface area contributed by atoms with Crippen molar-refractivity contribution < 1.29 is 51.2 Å². The number of nitrogens with one attached hydrogen (secondary N) is 1. The number of methoxy groups -OCH3 is 1.